The van der Waals surface area contributed by atoms with E-state index in [0.29, 0.717) is 6.54 Å². The maximum Gasteiger partial charge on any atom is 0.140 e. The van der Waals surface area contributed by atoms with Crippen LogP contribution >= 0.6 is 0 Å². The predicted octanol–water partition coefficient (Wildman–Crippen LogP) is 4.25. The van der Waals surface area contributed by atoms with Crippen LogP contribution in [0.4, 0.5) is 5.82 Å². The van der Waals surface area contributed by atoms with Crippen LogP contribution in [0.25, 0.3) is 22.2 Å². The van der Waals surface area contributed by atoms with Gasteiger partial charge in [-0.25, -0.2) is 4.98 Å². The number of methoxy groups -OCH3 is 2. The molecule has 6 heteroatoms. The molecule has 0 saturated carbocycles. The summed E-state index contributed by atoms with van der Waals surface area (Å²) in [6, 6.07) is 15.7. The smallest absolute Gasteiger partial charge is 0.140 e. The van der Waals surface area contributed by atoms with Crippen molar-refractivity contribution >= 4 is 16.9 Å². The van der Waals surface area contributed by atoms with Crippen LogP contribution in [0.5, 0.6) is 11.5 Å². The molecule has 4 aromatic rings. The van der Waals surface area contributed by atoms with E-state index in [1.165, 1.54) is 0 Å². The molecule has 0 unspecified atom stereocenters. The number of aromatic amines is 1. The van der Waals surface area contributed by atoms with Crippen LogP contribution in [0.15, 0.2) is 60.9 Å². The van der Waals surface area contributed by atoms with Gasteiger partial charge in [-0.2, -0.15) is 0 Å². The zero-order valence-corrected chi connectivity index (χ0v) is 15.2. The third-order valence-electron chi connectivity index (χ3n) is 4.40. The average molecular weight is 360 g/mol. The van der Waals surface area contributed by atoms with Gasteiger partial charge in [0.2, 0.25) is 0 Å². The van der Waals surface area contributed by atoms with Crippen molar-refractivity contribution in [2.75, 3.05) is 19.5 Å². The van der Waals surface area contributed by atoms with Crippen LogP contribution in [0, 0.1) is 0 Å². The normalized spacial score (nSPS) is 10.7. The quantitative estimate of drug-likeness (QED) is 0.538. The number of aromatic nitrogens is 3. The van der Waals surface area contributed by atoms with Gasteiger partial charge < -0.3 is 19.8 Å². The molecule has 0 aliphatic heterocycles. The predicted molar refractivity (Wildman–Crippen MR) is 106 cm³/mol. The number of H-pyrrole nitrogens is 1. The minimum Gasteiger partial charge on any atom is -0.497 e. The van der Waals surface area contributed by atoms with E-state index in [4.69, 9.17) is 9.47 Å². The van der Waals surface area contributed by atoms with Gasteiger partial charge in [-0.3, -0.25) is 4.98 Å². The molecule has 4 rings (SSSR count). The fraction of sp³-hybridized carbons (Fsp3) is 0.143. The third-order valence-corrected chi connectivity index (χ3v) is 4.40. The van der Waals surface area contributed by atoms with Crippen LogP contribution in [-0.4, -0.2) is 29.2 Å². The molecular formula is C21H20N4O2. The molecule has 0 saturated heterocycles. The monoisotopic (exact) mass is 360 g/mol. The second-order valence-electron chi connectivity index (χ2n) is 6.04. The van der Waals surface area contributed by atoms with Crippen molar-refractivity contribution in [1.29, 1.82) is 0 Å². The van der Waals surface area contributed by atoms with Gasteiger partial charge in [0.05, 0.1) is 26.5 Å². The van der Waals surface area contributed by atoms with Gasteiger partial charge in [0.15, 0.2) is 0 Å². The van der Waals surface area contributed by atoms with Crippen molar-refractivity contribution < 1.29 is 9.47 Å². The van der Waals surface area contributed by atoms with Gasteiger partial charge in [0.25, 0.3) is 0 Å². The second kappa shape index (κ2) is 7.37. The summed E-state index contributed by atoms with van der Waals surface area (Å²) in [6.07, 6.45) is 3.67. The minimum absolute atomic E-state index is 0.596. The molecule has 0 aliphatic rings. The molecule has 1 aromatic carbocycles. The van der Waals surface area contributed by atoms with Crippen molar-refractivity contribution in [2.45, 2.75) is 6.54 Å². The largest absolute Gasteiger partial charge is 0.497 e. The van der Waals surface area contributed by atoms with Gasteiger partial charge >= 0.3 is 0 Å². The lowest BCUT2D eigenvalue weighted by Crippen LogP contribution is -2.03. The molecule has 0 aliphatic carbocycles. The Bertz CT molecular complexity index is 1060. The van der Waals surface area contributed by atoms with Crippen LogP contribution in [0.3, 0.4) is 0 Å². The number of ether oxygens (including phenoxy) is 2. The van der Waals surface area contributed by atoms with Gasteiger partial charge in [0.1, 0.15) is 23.0 Å². The highest BCUT2D eigenvalue weighted by molar-refractivity contribution is 5.96. The van der Waals surface area contributed by atoms with Crippen LogP contribution in [-0.2, 0) is 6.54 Å². The van der Waals surface area contributed by atoms with Crippen LogP contribution < -0.4 is 14.8 Å². The van der Waals surface area contributed by atoms with E-state index in [1.54, 1.807) is 20.4 Å². The molecule has 0 atom stereocenters. The summed E-state index contributed by atoms with van der Waals surface area (Å²) in [6.45, 7) is 0.596. The lowest BCUT2D eigenvalue weighted by molar-refractivity contribution is 0.395. The number of hydrogen-bond donors (Lipinski definition) is 2. The molecular weight excluding hydrogens is 340 g/mol. The van der Waals surface area contributed by atoms with E-state index in [2.05, 4.69) is 20.3 Å². The number of fused-ring (bicyclic) bond motifs is 1. The summed E-state index contributed by atoms with van der Waals surface area (Å²) >= 11 is 0. The first kappa shape index (κ1) is 16.9. The van der Waals surface area contributed by atoms with Gasteiger partial charge in [-0.1, -0.05) is 6.07 Å². The SMILES string of the molecule is COc1ccc(-c2cc(NCc3ccccn3)nc3[nH]ccc23)c(OC)c1. The Labute approximate surface area is 157 Å². The highest BCUT2D eigenvalue weighted by Crippen LogP contribution is 2.37. The Balaban J connectivity index is 1.75. The van der Waals surface area contributed by atoms with E-state index in [9.17, 15) is 0 Å². The summed E-state index contributed by atoms with van der Waals surface area (Å²) in [7, 11) is 3.30. The zero-order valence-electron chi connectivity index (χ0n) is 15.2. The Morgan fingerprint density at radius 3 is 2.70 bits per heavy atom. The first-order valence-corrected chi connectivity index (χ1v) is 8.63. The Morgan fingerprint density at radius 2 is 1.93 bits per heavy atom. The maximum absolute atomic E-state index is 5.60. The molecule has 0 fully saturated rings. The van der Waals surface area contributed by atoms with Gasteiger partial charge in [-0.15, -0.1) is 0 Å². The van der Waals surface area contributed by atoms with E-state index in [0.717, 1.165) is 45.2 Å². The number of nitrogens with zero attached hydrogens (tertiary/aromatic N) is 2. The molecule has 2 N–H and O–H groups in total. The molecule has 0 radical (unpaired) electrons. The van der Waals surface area contributed by atoms with Crippen molar-refractivity contribution in [3.05, 3.63) is 66.6 Å². The fourth-order valence-electron chi connectivity index (χ4n) is 3.06. The highest BCUT2D eigenvalue weighted by Gasteiger charge is 2.14. The first-order valence-electron chi connectivity index (χ1n) is 8.63. The summed E-state index contributed by atoms with van der Waals surface area (Å²) in [5.41, 5.74) is 3.78. The minimum atomic E-state index is 0.596. The number of rotatable bonds is 6. The standard InChI is InChI=1S/C21H20N4O2/c1-26-15-6-7-16(19(11-15)27-2)18-12-20(25-21-17(18)8-10-23-21)24-13-14-5-3-4-9-22-14/h3-12H,13H2,1-2H3,(H2,23,24,25). The first-order chi connectivity index (χ1) is 13.3. The topological polar surface area (TPSA) is 72.1 Å². The number of pyridine rings is 2. The zero-order chi connectivity index (χ0) is 18.6. The Morgan fingerprint density at radius 1 is 1.00 bits per heavy atom. The lowest BCUT2D eigenvalue weighted by Gasteiger charge is -2.13. The summed E-state index contributed by atoms with van der Waals surface area (Å²) in [4.78, 5) is 12.2. The van der Waals surface area contributed by atoms with Crippen molar-refractivity contribution in [3.8, 4) is 22.6 Å². The van der Waals surface area contributed by atoms with E-state index >= 15 is 0 Å². The maximum atomic E-state index is 5.60. The highest BCUT2D eigenvalue weighted by atomic mass is 16.5. The summed E-state index contributed by atoms with van der Waals surface area (Å²) < 4.78 is 10.9. The van der Waals surface area contributed by atoms with E-state index in [-0.39, 0.29) is 0 Å². The van der Waals surface area contributed by atoms with E-state index in [1.807, 2.05) is 54.7 Å². The van der Waals surface area contributed by atoms with Gasteiger partial charge in [0, 0.05) is 35.0 Å². The molecule has 3 aromatic heterocycles. The van der Waals surface area contributed by atoms with Crippen LogP contribution in [0.2, 0.25) is 0 Å². The van der Waals surface area contributed by atoms with Gasteiger partial charge in [-0.05, 0) is 36.4 Å². The van der Waals surface area contributed by atoms with E-state index < -0.39 is 0 Å². The molecule has 27 heavy (non-hydrogen) atoms. The van der Waals surface area contributed by atoms with Crippen LogP contribution in [0.1, 0.15) is 5.69 Å². The average Bonchev–Trinajstić information content (AvgIpc) is 3.20. The second-order valence-corrected chi connectivity index (χ2v) is 6.04. The molecule has 136 valence electrons. The van der Waals surface area contributed by atoms with Crippen molar-refractivity contribution in [1.82, 2.24) is 15.0 Å². The third kappa shape index (κ3) is 3.42. The molecule has 0 amide bonds. The summed E-state index contributed by atoms with van der Waals surface area (Å²) in [5.74, 6) is 2.27. The Hall–Kier alpha value is -3.54. The summed E-state index contributed by atoms with van der Waals surface area (Å²) in [5, 5.41) is 4.38. The number of hydrogen-bond acceptors (Lipinski definition) is 5. The van der Waals surface area contributed by atoms with Crippen molar-refractivity contribution in [2.24, 2.45) is 0 Å². The fourth-order valence-corrected chi connectivity index (χ4v) is 3.06. The molecule has 6 nitrogen and oxygen atoms in total. The number of benzene rings is 1. The molecule has 3 heterocycles. The number of anilines is 1. The number of nitrogens with one attached hydrogen (secondary N) is 2. The molecule has 0 bridgehead atoms. The Kier molecular flexibility index (Phi) is 4.61. The van der Waals surface area contributed by atoms with Crippen molar-refractivity contribution in [3.63, 3.8) is 0 Å². The molecule has 0 spiro atoms. The lowest BCUT2D eigenvalue weighted by atomic mass is 10.0.